The summed E-state index contributed by atoms with van der Waals surface area (Å²) in [4.78, 5) is 7.17. The van der Waals surface area contributed by atoms with Gasteiger partial charge in [0.25, 0.3) is 0 Å². The maximum absolute atomic E-state index is 13.5. The van der Waals surface area contributed by atoms with Gasteiger partial charge in [-0.2, -0.15) is 0 Å². The fraction of sp³-hybridized carbons (Fsp3) is 0.480. The fourth-order valence-corrected chi connectivity index (χ4v) is 4.45. The number of aliphatic imine (C=N–C) groups is 1. The zero-order chi connectivity index (χ0) is 22.3. The minimum atomic E-state index is -0.795. The molecule has 2 N–H and O–H groups in total. The van der Waals surface area contributed by atoms with Crippen molar-refractivity contribution >= 4 is 5.96 Å². The van der Waals surface area contributed by atoms with Crippen molar-refractivity contribution < 1.29 is 13.5 Å². The molecule has 0 saturated carbocycles. The maximum Gasteiger partial charge on any atom is 0.191 e. The number of para-hydroxylation sites is 1. The minimum absolute atomic E-state index is 0.343. The predicted octanol–water partition coefficient (Wildman–Crippen LogP) is 4.05. The summed E-state index contributed by atoms with van der Waals surface area (Å²) in [7, 11) is 0. The molecule has 2 aromatic rings. The van der Waals surface area contributed by atoms with Crippen LogP contribution in [0.2, 0.25) is 0 Å². The molecule has 7 heteroatoms. The van der Waals surface area contributed by atoms with Crippen LogP contribution in [0.25, 0.3) is 0 Å². The molecular weight excluding hydrogens is 410 g/mol. The number of nitrogens with zero attached hydrogens (tertiary/aromatic N) is 2. The molecular formula is C25H32F2N4O. The van der Waals surface area contributed by atoms with E-state index in [0.717, 1.165) is 69.3 Å². The summed E-state index contributed by atoms with van der Waals surface area (Å²) in [5.41, 5.74) is 2.05. The summed E-state index contributed by atoms with van der Waals surface area (Å²) in [6, 6.07) is 12.7. The van der Waals surface area contributed by atoms with Crippen LogP contribution in [0.3, 0.4) is 0 Å². The number of fused-ring (bicyclic) bond motifs is 1. The third-order valence-electron chi connectivity index (χ3n) is 6.22. The first kappa shape index (κ1) is 22.5. The molecule has 0 amide bonds. The number of benzene rings is 2. The average Bonchev–Trinajstić information content (AvgIpc) is 2.81. The molecule has 1 atom stereocenters. The topological polar surface area (TPSA) is 48.9 Å². The molecule has 5 nitrogen and oxygen atoms in total. The molecule has 32 heavy (non-hydrogen) atoms. The Hall–Kier alpha value is -2.67. The van der Waals surface area contributed by atoms with Crippen molar-refractivity contribution in [1.29, 1.82) is 0 Å². The molecule has 2 heterocycles. The Bertz CT molecular complexity index is 928. The highest BCUT2D eigenvalue weighted by Crippen LogP contribution is 2.33. The van der Waals surface area contributed by atoms with E-state index in [-0.39, 0.29) is 0 Å². The van der Waals surface area contributed by atoms with Gasteiger partial charge in [0.05, 0.1) is 6.61 Å². The number of piperidine rings is 1. The van der Waals surface area contributed by atoms with Crippen molar-refractivity contribution in [3.63, 3.8) is 0 Å². The van der Waals surface area contributed by atoms with Crippen LogP contribution in [-0.2, 0) is 6.54 Å². The van der Waals surface area contributed by atoms with Gasteiger partial charge in [-0.1, -0.05) is 24.3 Å². The summed E-state index contributed by atoms with van der Waals surface area (Å²) in [5, 5.41) is 6.97. The van der Waals surface area contributed by atoms with Gasteiger partial charge in [0.1, 0.15) is 5.75 Å². The maximum atomic E-state index is 13.5. The van der Waals surface area contributed by atoms with E-state index in [1.54, 1.807) is 6.07 Å². The van der Waals surface area contributed by atoms with Crippen LogP contribution in [0.4, 0.5) is 8.78 Å². The highest BCUT2D eigenvalue weighted by molar-refractivity contribution is 5.80. The fourth-order valence-electron chi connectivity index (χ4n) is 4.45. The molecule has 2 aromatic carbocycles. The van der Waals surface area contributed by atoms with Crippen LogP contribution in [0.1, 0.15) is 43.2 Å². The molecule has 0 aromatic heterocycles. The second-order valence-electron chi connectivity index (χ2n) is 8.53. The summed E-state index contributed by atoms with van der Waals surface area (Å²) in [6.45, 7) is 6.80. The van der Waals surface area contributed by atoms with Gasteiger partial charge in [0.2, 0.25) is 0 Å². The summed E-state index contributed by atoms with van der Waals surface area (Å²) in [5.74, 6) is 0.628. The molecule has 1 unspecified atom stereocenters. The molecule has 1 saturated heterocycles. The number of guanidine groups is 1. The van der Waals surface area contributed by atoms with Crippen LogP contribution in [0.15, 0.2) is 47.5 Å². The average molecular weight is 443 g/mol. The summed E-state index contributed by atoms with van der Waals surface area (Å²) >= 11 is 0. The monoisotopic (exact) mass is 442 g/mol. The lowest BCUT2D eigenvalue weighted by atomic mass is 9.93. The van der Waals surface area contributed by atoms with Gasteiger partial charge < -0.3 is 15.4 Å². The van der Waals surface area contributed by atoms with Crippen molar-refractivity contribution in [2.45, 2.75) is 44.7 Å². The van der Waals surface area contributed by atoms with E-state index in [0.29, 0.717) is 18.5 Å². The third kappa shape index (κ3) is 5.76. The molecule has 2 aliphatic heterocycles. The molecule has 4 rings (SSSR count). The first-order chi connectivity index (χ1) is 15.6. The number of ether oxygens (including phenoxy) is 1. The number of hydrogen-bond acceptors (Lipinski definition) is 3. The molecule has 0 spiro atoms. The van der Waals surface area contributed by atoms with Crippen molar-refractivity contribution in [3.05, 3.63) is 65.2 Å². The van der Waals surface area contributed by atoms with E-state index in [1.165, 1.54) is 17.7 Å². The van der Waals surface area contributed by atoms with Crippen molar-refractivity contribution in [3.8, 4) is 5.75 Å². The van der Waals surface area contributed by atoms with Crippen LogP contribution >= 0.6 is 0 Å². The Morgan fingerprint density at radius 3 is 2.69 bits per heavy atom. The van der Waals surface area contributed by atoms with Crippen LogP contribution in [-0.4, -0.2) is 49.7 Å². The Kier molecular flexibility index (Phi) is 7.58. The highest BCUT2D eigenvalue weighted by Gasteiger charge is 2.23. The number of hydrogen-bond donors (Lipinski definition) is 2. The normalized spacial score (nSPS) is 19.8. The summed E-state index contributed by atoms with van der Waals surface area (Å²) in [6.07, 6.45) is 2.94. The van der Waals surface area contributed by atoms with Crippen molar-refractivity contribution in [2.24, 2.45) is 4.99 Å². The molecule has 0 bridgehead atoms. The van der Waals surface area contributed by atoms with Gasteiger partial charge in [-0.25, -0.2) is 8.78 Å². The molecule has 172 valence electrons. The number of rotatable bonds is 6. The van der Waals surface area contributed by atoms with E-state index in [9.17, 15) is 8.78 Å². The van der Waals surface area contributed by atoms with Crippen LogP contribution in [0.5, 0.6) is 5.75 Å². The van der Waals surface area contributed by atoms with Gasteiger partial charge in [-0.3, -0.25) is 9.89 Å². The van der Waals surface area contributed by atoms with E-state index in [1.807, 2.05) is 12.1 Å². The van der Waals surface area contributed by atoms with Gasteiger partial charge in [0.15, 0.2) is 17.6 Å². The SMILES string of the molecule is CCNC(=NCC1CCOc2ccccc21)NC1CCN(Cc2ccc(F)c(F)c2)CC1. The van der Waals surface area contributed by atoms with E-state index < -0.39 is 11.6 Å². The lowest BCUT2D eigenvalue weighted by Crippen LogP contribution is -2.48. The number of halogens is 2. The molecule has 1 fully saturated rings. The van der Waals surface area contributed by atoms with Crippen LogP contribution in [0, 0.1) is 11.6 Å². The zero-order valence-electron chi connectivity index (χ0n) is 18.6. The Labute approximate surface area is 188 Å². The predicted molar refractivity (Wildman–Crippen MR) is 123 cm³/mol. The Morgan fingerprint density at radius 2 is 1.91 bits per heavy atom. The van der Waals surface area contributed by atoms with E-state index in [2.05, 4.69) is 34.6 Å². The van der Waals surface area contributed by atoms with E-state index in [4.69, 9.17) is 9.73 Å². The highest BCUT2D eigenvalue weighted by atomic mass is 19.2. The third-order valence-corrected chi connectivity index (χ3v) is 6.22. The largest absolute Gasteiger partial charge is 0.493 e. The smallest absolute Gasteiger partial charge is 0.191 e. The summed E-state index contributed by atoms with van der Waals surface area (Å²) < 4.78 is 32.4. The second-order valence-corrected chi connectivity index (χ2v) is 8.53. The molecule has 2 aliphatic rings. The van der Waals surface area contributed by atoms with Gasteiger partial charge in [-0.05, 0) is 55.5 Å². The van der Waals surface area contributed by atoms with Gasteiger partial charge >= 0.3 is 0 Å². The van der Waals surface area contributed by atoms with Crippen molar-refractivity contribution in [2.75, 3.05) is 32.8 Å². The lowest BCUT2D eigenvalue weighted by Gasteiger charge is -2.33. The number of nitrogens with one attached hydrogen (secondary N) is 2. The standard InChI is InChI=1S/C25H32F2N4O/c1-2-28-25(29-16-19-11-14-32-24-6-4-3-5-21(19)24)30-20-9-12-31(13-10-20)17-18-7-8-22(26)23(27)15-18/h3-8,15,19-20H,2,9-14,16-17H2,1H3,(H2,28,29,30). The first-order valence-electron chi connectivity index (χ1n) is 11.5. The van der Waals surface area contributed by atoms with Crippen LogP contribution < -0.4 is 15.4 Å². The minimum Gasteiger partial charge on any atom is -0.493 e. The zero-order valence-corrected chi connectivity index (χ0v) is 18.6. The van der Waals surface area contributed by atoms with Gasteiger partial charge in [0, 0.05) is 44.7 Å². The molecule has 0 aliphatic carbocycles. The van der Waals surface area contributed by atoms with Crippen molar-refractivity contribution in [1.82, 2.24) is 15.5 Å². The Balaban J connectivity index is 1.30. The second kappa shape index (κ2) is 10.8. The quantitative estimate of drug-likeness (QED) is 0.524. The lowest BCUT2D eigenvalue weighted by molar-refractivity contribution is 0.198. The first-order valence-corrected chi connectivity index (χ1v) is 11.5. The molecule has 0 radical (unpaired) electrons. The number of likely N-dealkylation sites (tertiary alicyclic amines) is 1. The Morgan fingerprint density at radius 1 is 1.09 bits per heavy atom. The van der Waals surface area contributed by atoms with E-state index >= 15 is 0 Å². The van der Waals surface area contributed by atoms with Gasteiger partial charge in [-0.15, -0.1) is 0 Å².